The molecule has 7 nitrogen and oxygen atoms in total. The Morgan fingerprint density at radius 2 is 1.60 bits per heavy atom. The minimum Gasteiger partial charge on any atom is -0.454 e. The van der Waals surface area contributed by atoms with E-state index in [1.807, 2.05) is 0 Å². The maximum absolute atomic E-state index is 13.6. The van der Waals surface area contributed by atoms with E-state index in [2.05, 4.69) is 5.10 Å². The molecule has 3 aliphatic heterocycles. The fourth-order valence-corrected chi connectivity index (χ4v) is 4.74. The number of para-hydroxylation sites is 1. The first-order chi connectivity index (χ1) is 17.0. The second-order valence-corrected chi connectivity index (χ2v) is 8.47. The van der Waals surface area contributed by atoms with Gasteiger partial charge in [0.2, 0.25) is 12.7 Å². The molecule has 9 heteroatoms. The number of halogens is 2. The molecule has 0 N–H and O–H groups in total. The van der Waals surface area contributed by atoms with Crippen LogP contribution in [0, 0.1) is 17.6 Å². The molecule has 3 aromatic rings. The summed E-state index contributed by atoms with van der Waals surface area (Å²) in [7, 11) is 0. The summed E-state index contributed by atoms with van der Waals surface area (Å²) in [6, 6.07) is 15.9. The summed E-state index contributed by atoms with van der Waals surface area (Å²) in [6.45, 7) is 0.194. The van der Waals surface area contributed by atoms with Gasteiger partial charge in [-0.1, -0.05) is 18.2 Å². The van der Waals surface area contributed by atoms with Crippen LogP contribution >= 0.6 is 0 Å². The molecule has 6 rings (SSSR count). The average Bonchev–Trinajstić information content (AvgIpc) is 3.55. The molecule has 3 aliphatic rings. The molecule has 2 atom stereocenters. The number of anilines is 1. The Hall–Kier alpha value is -4.27. The van der Waals surface area contributed by atoms with Crippen LogP contribution in [0.2, 0.25) is 0 Å². The molecule has 35 heavy (non-hydrogen) atoms. The van der Waals surface area contributed by atoms with Crippen LogP contribution in [0.1, 0.15) is 11.1 Å². The van der Waals surface area contributed by atoms with Gasteiger partial charge in [-0.2, -0.15) is 5.10 Å². The first kappa shape index (κ1) is 21.3. The van der Waals surface area contributed by atoms with Gasteiger partial charge in [0, 0.05) is 12.1 Å². The molecule has 0 bridgehead atoms. The normalized spacial score (nSPS) is 20.5. The molecule has 0 saturated carbocycles. The Kier molecular flexibility index (Phi) is 4.98. The van der Waals surface area contributed by atoms with Crippen LogP contribution in [0.25, 0.3) is 0 Å². The summed E-state index contributed by atoms with van der Waals surface area (Å²) >= 11 is 0. The van der Waals surface area contributed by atoms with Crippen molar-refractivity contribution in [3.8, 4) is 11.5 Å². The first-order valence-corrected chi connectivity index (χ1v) is 11.1. The number of benzene rings is 3. The van der Waals surface area contributed by atoms with Gasteiger partial charge < -0.3 is 9.47 Å². The number of ether oxygens (including phenoxy) is 2. The second kappa shape index (κ2) is 8.19. The number of hydrogen-bond acceptors (Lipinski definition) is 6. The summed E-state index contributed by atoms with van der Waals surface area (Å²) in [5, 5.41) is 6.14. The number of hydrazone groups is 1. The van der Waals surface area contributed by atoms with Gasteiger partial charge in [0.1, 0.15) is 23.6 Å². The maximum atomic E-state index is 13.6. The fraction of sp³-hybridized carbons (Fsp3) is 0.192. The lowest BCUT2D eigenvalue weighted by atomic mass is 9.92. The van der Waals surface area contributed by atoms with Gasteiger partial charge in [-0.25, -0.2) is 8.78 Å². The zero-order valence-corrected chi connectivity index (χ0v) is 18.4. The van der Waals surface area contributed by atoms with Gasteiger partial charge in [0.25, 0.3) is 5.91 Å². The average molecular weight is 475 g/mol. The predicted molar refractivity (Wildman–Crippen MR) is 122 cm³/mol. The number of rotatable bonds is 5. The molecule has 1 fully saturated rings. The zero-order chi connectivity index (χ0) is 24.1. The minimum atomic E-state index is -0.908. The minimum absolute atomic E-state index is 0.0477. The van der Waals surface area contributed by atoms with Crippen molar-refractivity contribution < 1.29 is 27.8 Å². The Morgan fingerprint density at radius 3 is 2.34 bits per heavy atom. The number of nitrogens with zero attached hydrogens (tertiary/aromatic N) is 3. The quantitative estimate of drug-likeness (QED) is 0.529. The summed E-state index contributed by atoms with van der Waals surface area (Å²) in [6.07, 6.45) is 0.387. The Morgan fingerprint density at radius 1 is 0.886 bits per heavy atom. The van der Waals surface area contributed by atoms with Gasteiger partial charge in [-0.3, -0.25) is 19.5 Å². The number of imide groups is 1. The molecule has 0 spiro atoms. The van der Waals surface area contributed by atoms with E-state index in [9.17, 15) is 18.4 Å². The van der Waals surface area contributed by atoms with Crippen LogP contribution < -0.4 is 14.5 Å². The van der Waals surface area contributed by atoms with Crippen molar-refractivity contribution in [2.45, 2.75) is 12.5 Å². The molecule has 2 amide bonds. The van der Waals surface area contributed by atoms with Crippen molar-refractivity contribution in [3.05, 3.63) is 89.5 Å². The van der Waals surface area contributed by atoms with Crippen LogP contribution in [-0.2, 0) is 16.0 Å². The van der Waals surface area contributed by atoms with E-state index in [0.717, 1.165) is 5.56 Å². The highest BCUT2D eigenvalue weighted by atomic mass is 19.1. The van der Waals surface area contributed by atoms with Crippen molar-refractivity contribution >= 4 is 23.2 Å². The van der Waals surface area contributed by atoms with Crippen LogP contribution in [0.3, 0.4) is 0 Å². The monoisotopic (exact) mass is 475 g/mol. The van der Waals surface area contributed by atoms with Gasteiger partial charge in [0.05, 0.1) is 11.4 Å². The van der Waals surface area contributed by atoms with Crippen molar-refractivity contribution in [2.24, 2.45) is 11.0 Å². The first-order valence-electron chi connectivity index (χ1n) is 11.1. The van der Waals surface area contributed by atoms with Crippen LogP contribution in [0.5, 0.6) is 11.5 Å². The van der Waals surface area contributed by atoms with E-state index in [1.54, 1.807) is 30.3 Å². The molecule has 0 aliphatic carbocycles. The van der Waals surface area contributed by atoms with Gasteiger partial charge in [0.15, 0.2) is 11.5 Å². The van der Waals surface area contributed by atoms with Gasteiger partial charge in [-0.05, 0) is 60.5 Å². The van der Waals surface area contributed by atoms with Crippen LogP contribution in [-0.4, -0.2) is 41.8 Å². The van der Waals surface area contributed by atoms with Crippen molar-refractivity contribution in [1.29, 1.82) is 0 Å². The summed E-state index contributed by atoms with van der Waals surface area (Å²) in [4.78, 5) is 28.4. The summed E-state index contributed by atoms with van der Waals surface area (Å²) < 4.78 is 38.0. The Bertz CT molecular complexity index is 1360. The van der Waals surface area contributed by atoms with Crippen molar-refractivity contribution in [1.82, 2.24) is 4.90 Å². The number of likely N-dealkylation sites (tertiary alicyclic amines) is 1. The summed E-state index contributed by atoms with van der Waals surface area (Å²) in [5.41, 5.74) is 2.26. The molecule has 3 aromatic carbocycles. The van der Waals surface area contributed by atoms with E-state index >= 15 is 0 Å². The third-order valence-corrected chi connectivity index (χ3v) is 6.44. The lowest BCUT2D eigenvalue weighted by Gasteiger charge is -2.22. The zero-order valence-electron chi connectivity index (χ0n) is 18.4. The molecule has 0 radical (unpaired) electrons. The molecule has 176 valence electrons. The van der Waals surface area contributed by atoms with E-state index in [0.29, 0.717) is 34.9 Å². The highest BCUT2D eigenvalue weighted by molar-refractivity contribution is 6.26. The van der Waals surface area contributed by atoms with E-state index < -0.39 is 23.7 Å². The maximum Gasteiger partial charge on any atom is 0.255 e. The van der Waals surface area contributed by atoms with E-state index in [-0.39, 0.29) is 25.1 Å². The molecule has 2 unspecified atom stereocenters. The number of amides is 2. The van der Waals surface area contributed by atoms with Crippen LogP contribution in [0.4, 0.5) is 14.5 Å². The molecular formula is C26H19F2N3O4. The third-order valence-electron chi connectivity index (χ3n) is 6.44. The number of carbonyl (C=O) groups is 2. The smallest absolute Gasteiger partial charge is 0.255 e. The van der Waals surface area contributed by atoms with Crippen molar-refractivity contribution in [3.63, 3.8) is 0 Å². The van der Waals surface area contributed by atoms with E-state index in [1.165, 1.54) is 46.3 Å². The Labute approximate surface area is 199 Å². The predicted octanol–water partition coefficient (Wildman–Crippen LogP) is 3.51. The lowest BCUT2D eigenvalue weighted by molar-refractivity contribution is -0.139. The highest BCUT2D eigenvalue weighted by Crippen LogP contribution is 2.42. The highest BCUT2D eigenvalue weighted by Gasteiger charge is 2.57. The van der Waals surface area contributed by atoms with Crippen molar-refractivity contribution in [2.75, 3.05) is 18.3 Å². The molecule has 3 heterocycles. The molecule has 0 aromatic heterocycles. The van der Waals surface area contributed by atoms with Gasteiger partial charge >= 0.3 is 0 Å². The SMILES string of the molecule is O=C1C2C(c3cccc4c3OCO4)=NN(c3ccc(F)cc3)C2C(=O)N1CCc1ccc(F)cc1. The van der Waals surface area contributed by atoms with Crippen LogP contribution in [0.15, 0.2) is 71.8 Å². The number of hydrogen-bond donors (Lipinski definition) is 0. The molecule has 1 saturated heterocycles. The second-order valence-electron chi connectivity index (χ2n) is 8.47. The van der Waals surface area contributed by atoms with Gasteiger partial charge in [-0.15, -0.1) is 0 Å². The lowest BCUT2D eigenvalue weighted by Crippen LogP contribution is -2.39. The topological polar surface area (TPSA) is 71.4 Å². The number of carbonyl (C=O) groups excluding carboxylic acids is 2. The largest absolute Gasteiger partial charge is 0.454 e. The Balaban J connectivity index is 1.38. The standard InChI is InChI=1S/C26H19F2N3O4/c27-16-6-4-15(5-7-16)12-13-30-25(32)21-22(19-2-1-3-20-24(19)35-14-34-20)29-31(23(21)26(30)33)18-10-8-17(28)9-11-18/h1-11,21,23H,12-14H2. The number of fused-ring (bicyclic) bond motifs is 2. The van der Waals surface area contributed by atoms with E-state index in [4.69, 9.17) is 9.47 Å². The summed E-state index contributed by atoms with van der Waals surface area (Å²) in [5.74, 6) is -1.40. The fourth-order valence-electron chi connectivity index (χ4n) is 4.74. The third kappa shape index (κ3) is 3.51. The molecular weight excluding hydrogens is 456 g/mol.